The van der Waals surface area contributed by atoms with E-state index in [-0.39, 0.29) is 17.7 Å². The molecule has 0 bridgehead atoms. The van der Waals surface area contributed by atoms with E-state index < -0.39 is 6.04 Å². The van der Waals surface area contributed by atoms with Crippen LogP contribution >= 0.6 is 0 Å². The topological polar surface area (TPSA) is 58.6 Å². The van der Waals surface area contributed by atoms with Crippen LogP contribution in [0.3, 0.4) is 0 Å². The Morgan fingerprint density at radius 3 is 2.40 bits per heavy atom. The van der Waals surface area contributed by atoms with Gasteiger partial charge in [0, 0.05) is 12.6 Å². The zero-order valence-electron chi connectivity index (χ0n) is 12.4. The van der Waals surface area contributed by atoms with Gasteiger partial charge in [-0.2, -0.15) is 0 Å². The minimum Gasteiger partial charge on any atom is -0.340 e. The maximum atomic E-state index is 12.2. The lowest BCUT2D eigenvalue weighted by molar-refractivity contribution is -0.172. The maximum Gasteiger partial charge on any atom is 0.268 e. The van der Waals surface area contributed by atoms with Gasteiger partial charge in [0.15, 0.2) is 0 Å². The third-order valence-corrected chi connectivity index (χ3v) is 3.39. The van der Waals surface area contributed by atoms with Gasteiger partial charge in [-0.15, -0.1) is 0 Å². The van der Waals surface area contributed by atoms with Crippen molar-refractivity contribution in [3.63, 3.8) is 0 Å². The predicted octanol–water partition coefficient (Wildman–Crippen LogP) is 1.85. The van der Waals surface area contributed by atoms with Crippen molar-refractivity contribution in [2.45, 2.75) is 26.3 Å². The first-order chi connectivity index (χ1) is 9.51. The first-order valence-electron chi connectivity index (χ1n) is 6.68. The van der Waals surface area contributed by atoms with Crippen LogP contribution in [0.15, 0.2) is 30.3 Å². The third kappa shape index (κ3) is 4.06. The number of hydroxylamine groups is 2. The highest BCUT2D eigenvalue weighted by Gasteiger charge is 2.28. The molecular formula is C15H22N2O3. The molecule has 0 fully saturated rings. The number of hydrogen-bond donors (Lipinski definition) is 1. The summed E-state index contributed by atoms with van der Waals surface area (Å²) >= 11 is 0. The molecular weight excluding hydrogens is 256 g/mol. The molecule has 0 aliphatic rings. The fourth-order valence-electron chi connectivity index (χ4n) is 1.78. The van der Waals surface area contributed by atoms with E-state index >= 15 is 0 Å². The third-order valence-electron chi connectivity index (χ3n) is 3.39. The van der Waals surface area contributed by atoms with Crippen molar-refractivity contribution in [1.82, 2.24) is 10.4 Å². The Bertz CT molecular complexity index is 448. The van der Waals surface area contributed by atoms with E-state index in [1.807, 2.05) is 19.9 Å². The fraction of sp³-hybridized carbons (Fsp3) is 0.467. The molecule has 2 amide bonds. The molecule has 1 rings (SSSR count). The fourth-order valence-corrected chi connectivity index (χ4v) is 1.78. The van der Waals surface area contributed by atoms with Gasteiger partial charge in [0.1, 0.15) is 6.04 Å². The Hall–Kier alpha value is -1.88. The van der Waals surface area contributed by atoms with E-state index in [2.05, 4.69) is 5.32 Å². The zero-order chi connectivity index (χ0) is 15.1. The number of hydrogen-bond acceptors (Lipinski definition) is 3. The molecule has 5 nitrogen and oxygen atoms in total. The summed E-state index contributed by atoms with van der Waals surface area (Å²) in [6.07, 6.45) is 0.781. The molecule has 0 heterocycles. The summed E-state index contributed by atoms with van der Waals surface area (Å²) < 4.78 is 0. The van der Waals surface area contributed by atoms with Crippen LogP contribution in [0.2, 0.25) is 0 Å². The minimum atomic E-state index is -0.599. The van der Waals surface area contributed by atoms with Gasteiger partial charge in [-0.05, 0) is 18.1 Å². The lowest BCUT2D eigenvalue weighted by atomic mass is 9.98. The van der Waals surface area contributed by atoms with Crippen LogP contribution in [-0.2, 0) is 9.63 Å². The van der Waals surface area contributed by atoms with Gasteiger partial charge in [0.25, 0.3) is 11.8 Å². The van der Waals surface area contributed by atoms with Crippen LogP contribution in [0.4, 0.5) is 0 Å². The summed E-state index contributed by atoms with van der Waals surface area (Å²) in [5.41, 5.74) is 0.536. The van der Waals surface area contributed by atoms with E-state index in [0.29, 0.717) is 5.56 Å². The van der Waals surface area contributed by atoms with E-state index in [0.717, 1.165) is 11.5 Å². The van der Waals surface area contributed by atoms with Gasteiger partial charge in [-0.1, -0.05) is 38.5 Å². The Kier molecular flexibility index (Phi) is 6.18. The summed E-state index contributed by atoms with van der Waals surface area (Å²) in [5.74, 6) is -0.493. The number of carbonyl (C=O) groups excluding carboxylic acids is 2. The van der Waals surface area contributed by atoms with E-state index in [4.69, 9.17) is 4.84 Å². The summed E-state index contributed by atoms with van der Waals surface area (Å²) in [7, 11) is 2.96. The van der Waals surface area contributed by atoms with Crippen molar-refractivity contribution in [2.75, 3.05) is 14.2 Å². The summed E-state index contributed by atoms with van der Waals surface area (Å²) in [6, 6.07) is 8.25. The molecule has 0 aliphatic carbocycles. The highest BCUT2D eigenvalue weighted by molar-refractivity contribution is 5.97. The van der Waals surface area contributed by atoms with Crippen LogP contribution in [-0.4, -0.2) is 37.1 Å². The van der Waals surface area contributed by atoms with Crippen LogP contribution in [0, 0.1) is 5.92 Å². The molecule has 0 radical (unpaired) electrons. The van der Waals surface area contributed by atoms with Crippen LogP contribution in [0.25, 0.3) is 0 Å². The molecule has 20 heavy (non-hydrogen) atoms. The highest BCUT2D eigenvalue weighted by atomic mass is 16.7. The first kappa shape index (κ1) is 16.2. The molecule has 0 aliphatic heterocycles. The van der Waals surface area contributed by atoms with Crippen molar-refractivity contribution in [3.8, 4) is 0 Å². The van der Waals surface area contributed by atoms with Crippen molar-refractivity contribution in [3.05, 3.63) is 35.9 Å². The molecule has 5 heteroatoms. The predicted molar refractivity (Wildman–Crippen MR) is 76.9 cm³/mol. The van der Waals surface area contributed by atoms with Crippen LogP contribution in [0.1, 0.15) is 30.6 Å². The normalized spacial score (nSPS) is 13.4. The quantitative estimate of drug-likeness (QED) is 0.808. The van der Waals surface area contributed by atoms with Crippen LogP contribution < -0.4 is 5.32 Å². The summed E-state index contributed by atoms with van der Waals surface area (Å²) in [4.78, 5) is 29.3. The molecule has 2 atom stereocenters. The second-order valence-electron chi connectivity index (χ2n) is 4.72. The smallest absolute Gasteiger partial charge is 0.268 e. The van der Waals surface area contributed by atoms with Crippen molar-refractivity contribution >= 4 is 11.8 Å². The number of rotatable bonds is 6. The Labute approximate surface area is 119 Å². The monoisotopic (exact) mass is 278 g/mol. The zero-order valence-corrected chi connectivity index (χ0v) is 12.4. The Morgan fingerprint density at radius 2 is 1.90 bits per heavy atom. The molecule has 2 unspecified atom stereocenters. The largest absolute Gasteiger partial charge is 0.340 e. The van der Waals surface area contributed by atoms with Crippen molar-refractivity contribution < 1.29 is 14.4 Å². The lowest BCUT2D eigenvalue weighted by Crippen LogP contribution is -2.50. The highest BCUT2D eigenvalue weighted by Crippen LogP contribution is 2.11. The molecule has 0 saturated carbocycles. The van der Waals surface area contributed by atoms with Crippen molar-refractivity contribution in [1.29, 1.82) is 0 Å². The molecule has 1 aromatic rings. The van der Waals surface area contributed by atoms with Crippen molar-refractivity contribution in [2.24, 2.45) is 5.92 Å². The number of amides is 2. The van der Waals surface area contributed by atoms with Gasteiger partial charge < -0.3 is 5.32 Å². The van der Waals surface area contributed by atoms with Gasteiger partial charge in [0.2, 0.25) is 0 Å². The molecule has 0 aromatic heterocycles. The van der Waals surface area contributed by atoms with E-state index in [9.17, 15) is 9.59 Å². The Morgan fingerprint density at radius 1 is 1.30 bits per heavy atom. The number of carbonyl (C=O) groups is 2. The first-order valence-corrected chi connectivity index (χ1v) is 6.68. The second kappa shape index (κ2) is 7.65. The molecule has 1 N–H and O–H groups in total. The van der Waals surface area contributed by atoms with E-state index in [1.54, 1.807) is 24.3 Å². The van der Waals surface area contributed by atoms with Crippen LogP contribution in [0.5, 0.6) is 0 Å². The molecule has 1 aromatic carbocycles. The summed E-state index contributed by atoms with van der Waals surface area (Å²) in [5, 5.41) is 3.93. The van der Waals surface area contributed by atoms with Gasteiger partial charge >= 0.3 is 0 Å². The average Bonchev–Trinajstić information content (AvgIpc) is 2.50. The average molecular weight is 278 g/mol. The van der Waals surface area contributed by atoms with Gasteiger partial charge in [0.05, 0.1) is 7.11 Å². The molecule has 0 saturated heterocycles. The minimum absolute atomic E-state index is 0.0211. The molecule has 110 valence electrons. The number of nitrogens with one attached hydrogen (secondary N) is 1. The van der Waals surface area contributed by atoms with Gasteiger partial charge in [-0.25, -0.2) is 5.06 Å². The number of nitrogens with zero attached hydrogens (tertiary/aromatic N) is 1. The number of benzene rings is 1. The Balaban J connectivity index is 2.85. The SMILES string of the molecule is CCC(C)C(NC(=O)c1ccccc1)C(=O)N(C)OC. The second-order valence-corrected chi connectivity index (χ2v) is 4.72. The summed E-state index contributed by atoms with van der Waals surface area (Å²) in [6.45, 7) is 3.91. The molecule has 0 spiro atoms. The standard InChI is InChI=1S/C15H22N2O3/c1-5-11(2)13(15(19)17(3)20-4)16-14(18)12-9-7-6-8-10-12/h6-11,13H,5H2,1-4H3,(H,16,18). The lowest BCUT2D eigenvalue weighted by Gasteiger charge is -2.26. The van der Waals surface area contributed by atoms with Gasteiger partial charge in [-0.3, -0.25) is 14.4 Å². The number of likely N-dealkylation sites (N-methyl/N-ethyl adjacent to an activating group) is 1. The van der Waals surface area contributed by atoms with E-state index in [1.165, 1.54) is 14.2 Å². The maximum absolute atomic E-state index is 12.2.